The number of nitrogens with zero attached hydrogens (tertiary/aromatic N) is 1. The lowest BCUT2D eigenvalue weighted by Gasteiger charge is -2.17. The van der Waals surface area contributed by atoms with E-state index >= 15 is 0 Å². The zero-order chi connectivity index (χ0) is 16.5. The Labute approximate surface area is 122 Å². The Balaban J connectivity index is 2.04. The smallest absolute Gasteiger partial charge is 0.344 e. The highest BCUT2D eigenvalue weighted by atomic mass is 31.2. The van der Waals surface area contributed by atoms with Crippen molar-refractivity contribution in [3.8, 4) is 0 Å². The molecule has 2 rings (SSSR count). The molecule has 8 nitrogen and oxygen atoms in total. The predicted molar refractivity (Wildman–Crippen MR) is 70.9 cm³/mol. The van der Waals surface area contributed by atoms with E-state index in [4.69, 9.17) is 9.63 Å². The van der Waals surface area contributed by atoms with Crippen LogP contribution in [0.5, 0.6) is 0 Å². The van der Waals surface area contributed by atoms with Crippen LogP contribution in [-0.4, -0.2) is 33.3 Å². The van der Waals surface area contributed by atoms with Gasteiger partial charge in [-0.1, -0.05) is 6.08 Å². The molecule has 0 bridgehead atoms. The first-order valence-electron chi connectivity index (χ1n) is 6.12. The summed E-state index contributed by atoms with van der Waals surface area (Å²) in [5.41, 5.74) is -0.942. The van der Waals surface area contributed by atoms with Crippen LogP contribution >= 0.6 is 7.60 Å². The molecule has 11 heteroatoms. The maximum absolute atomic E-state index is 12.2. The zero-order valence-corrected chi connectivity index (χ0v) is 12.2. The highest BCUT2D eigenvalue weighted by molar-refractivity contribution is 7.53. The van der Waals surface area contributed by atoms with Gasteiger partial charge < -0.3 is 14.2 Å². The number of aryl methyl sites for hydroxylation is 1. The number of nitrogens with one attached hydrogen (secondary N) is 1. The van der Waals surface area contributed by atoms with Crippen molar-refractivity contribution in [1.29, 1.82) is 0 Å². The van der Waals surface area contributed by atoms with Gasteiger partial charge in [-0.15, -0.1) is 0 Å². The predicted octanol–water partition coefficient (Wildman–Crippen LogP) is 0.723. The van der Waals surface area contributed by atoms with Crippen molar-refractivity contribution >= 4 is 7.60 Å². The molecular weight excluding hydrogens is 325 g/mol. The van der Waals surface area contributed by atoms with Crippen molar-refractivity contribution < 1.29 is 27.5 Å². The van der Waals surface area contributed by atoms with Crippen LogP contribution in [-0.2, 0) is 13.8 Å². The number of ether oxygens (including phenoxy) is 1. The summed E-state index contributed by atoms with van der Waals surface area (Å²) in [7, 11) is -5.00. The van der Waals surface area contributed by atoms with Gasteiger partial charge in [0.15, 0.2) is 6.23 Å². The van der Waals surface area contributed by atoms with Crippen LogP contribution in [0.4, 0.5) is 8.78 Å². The average Bonchev–Trinajstić information content (AvgIpc) is 2.89. The van der Waals surface area contributed by atoms with Crippen LogP contribution in [0.15, 0.2) is 27.9 Å². The molecule has 0 spiro atoms. The Morgan fingerprint density at radius 1 is 1.50 bits per heavy atom. The second-order valence-electron chi connectivity index (χ2n) is 4.57. The van der Waals surface area contributed by atoms with Gasteiger partial charge in [0, 0.05) is 11.8 Å². The minimum Gasteiger partial charge on any atom is -0.344 e. The molecule has 2 heterocycles. The number of aromatic nitrogens is 2. The number of alkyl halides is 2. The Kier molecular flexibility index (Phi) is 4.76. The molecule has 1 aliphatic rings. The summed E-state index contributed by atoms with van der Waals surface area (Å²) in [5.74, 6) is 0. The van der Waals surface area contributed by atoms with E-state index in [1.165, 1.54) is 25.3 Å². The number of hydrogen-bond donors (Lipinski definition) is 2. The second kappa shape index (κ2) is 6.25. The van der Waals surface area contributed by atoms with E-state index in [0.717, 1.165) is 4.57 Å². The highest BCUT2D eigenvalue weighted by Gasteiger charge is 2.34. The Morgan fingerprint density at radius 3 is 2.82 bits per heavy atom. The SMILES string of the molecule is Cc1cn(C2C=CC(COP(=O)(O)C(F)F)O2)c(=O)[nH]c1=O. The minimum absolute atomic E-state index is 0.286. The molecule has 0 saturated heterocycles. The van der Waals surface area contributed by atoms with Crippen molar-refractivity contribution in [2.75, 3.05) is 6.61 Å². The summed E-state index contributed by atoms with van der Waals surface area (Å²) >= 11 is 0. The molecule has 1 aliphatic heterocycles. The van der Waals surface area contributed by atoms with Crippen LogP contribution in [0.1, 0.15) is 11.8 Å². The first-order chi connectivity index (χ1) is 10.2. The van der Waals surface area contributed by atoms with Gasteiger partial charge in [-0.05, 0) is 13.0 Å². The Morgan fingerprint density at radius 2 is 2.18 bits per heavy atom. The Hall–Kier alpha value is -1.61. The third-order valence-electron chi connectivity index (χ3n) is 2.90. The van der Waals surface area contributed by atoms with Gasteiger partial charge in [-0.3, -0.25) is 18.9 Å². The first-order valence-corrected chi connectivity index (χ1v) is 7.76. The summed E-state index contributed by atoms with van der Waals surface area (Å²) in [6.45, 7) is 0.931. The van der Waals surface area contributed by atoms with E-state index in [-0.39, 0.29) is 5.56 Å². The van der Waals surface area contributed by atoms with Gasteiger partial charge >= 0.3 is 19.5 Å². The van der Waals surface area contributed by atoms with E-state index < -0.39 is 44.0 Å². The monoisotopic (exact) mass is 338 g/mol. The summed E-state index contributed by atoms with van der Waals surface area (Å²) in [6, 6.07) is 0. The lowest BCUT2D eigenvalue weighted by Crippen LogP contribution is -2.33. The maximum Gasteiger partial charge on any atom is 0.394 e. The van der Waals surface area contributed by atoms with Gasteiger partial charge in [0.25, 0.3) is 5.56 Å². The largest absolute Gasteiger partial charge is 0.394 e. The first kappa shape index (κ1) is 16.8. The molecule has 3 atom stereocenters. The lowest BCUT2D eigenvalue weighted by molar-refractivity contribution is -0.00964. The molecule has 122 valence electrons. The molecule has 0 amide bonds. The molecule has 0 aliphatic carbocycles. The van der Waals surface area contributed by atoms with Crippen LogP contribution in [0, 0.1) is 6.92 Å². The van der Waals surface area contributed by atoms with Crippen molar-refractivity contribution in [2.45, 2.75) is 25.4 Å². The fourth-order valence-corrected chi connectivity index (χ4v) is 2.23. The van der Waals surface area contributed by atoms with E-state index in [2.05, 4.69) is 9.51 Å². The minimum atomic E-state index is -5.00. The van der Waals surface area contributed by atoms with E-state index in [1.807, 2.05) is 0 Å². The molecule has 0 saturated carbocycles. The quantitative estimate of drug-likeness (QED) is 0.605. The van der Waals surface area contributed by atoms with Crippen molar-refractivity contribution in [3.63, 3.8) is 0 Å². The highest BCUT2D eigenvalue weighted by Crippen LogP contribution is 2.49. The molecule has 3 unspecified atom stereocenters. The van der Waals surface area contributed by atoms with Crippen LogP contribution in [0.2, 0.25) is 0 Å². The molecule has 22 heavy (non-hydrogen) atoms. The third-order valence-corrected chi connectivity index (χ3v) is 3.91. The maximum atomic E-state index is 12.2. The fraction of sp³-hybridized carbons (Fsp3) is 0.455. The van der Waals surface area contributed by atoms with Crippen molar-refractivity contribution in [3.05, 3.63) is 44.8 Å². The van der Waals surface area contributed by atoms with E-state index in [9.17, 15) is 22.9 Å². The fourth-order valence-electron chi connectivity index (χ4n) is 1.75. The van der Waals surface area contributed by atoms with Crippen molar-refractivity contribution in [1.82, 2.24) is 9.55 Å². The molecule has 0 radical (unpaired) electrons. The zero-order valence-electron chi connectivity index (χ0n) is 11.3. The number of halogens is 2. The second-order valence-corrected chi connectivity index (χ2v) is 6.34. The number of aromatic amines is 1. The normalized spacial score (nSPS) is 23.9. The van der Waals surface area contributed by atoms with Gasteiger partial charge in [-0.25, -0.2) is 4.79 Å². The Bertz CT molecular complexity index is 743. The third kappa shape index (κ3) is 3.58. The van der Waals surface area contributed by atoms with Gasteiger partial charge in [0.2, 0.25) is 0 Å². The van der Waals surface area contributed by atoms with Gasteiger partial charge in [-0.2, -0.15) is 8.78 Å². The molecular formula is C11H13F2N2O6P. The van der Waals surface area contributed by atoms with Crippen LogP contribution in [0.3, 0.4) is 0 Å². The van der Waals surface area contributed by atoms with Crippen molar-refractivity contribution in [2.24, 2.45) is 0 Å². The van der Waals surface area contributed by atoms with E-state index in [1.54, 1.807) is 0 Å². The lowest BCUT2D eigenvalue weighted by atomic mass is 10.3. The average molecular weight is 338 g/mol. The van der Waals surface area contributed by atoms with E-state index in [0.29, 0.717) is 0 Å². The number of H-pyrrole nitrogens is 1. The molecule has 0 fully saturated rings. The molecule has 2 N–H and O–H groups in total. The number of rotatable bonds is 5. The summed E-state index contributed by atoms with van der Waals surface area (Å²) in [4.78, 5) is 33.9. The van der Waals surface area contributed by atoms with Gasteiger partial charge in [0.1, 0.15) is 6.10 Å². The summed E-state index contributed by atoms with van der Waals surface area (Å²) in [6.07, 6.45) is -1.11. The summed E-state index contributed by atoms with van der Waals surface area (Å²) in [5, 5.41) is 0. The topological polar surface area (TPSA) is 111 Å². The molecule has 1 aromatic heterocycles. The summed E-state index contributed by atoms with van der Waals surface area (Å²) < 4.78 is 46.0. The van der Waals surface area contributed by atoms with Crippen LogP contribution < -0.4 is 11.2 Å². The molecule has 1 aromatic rings. The number of hydrogen-bond acceptors (Lipinski definition) is 5. The van der Waals surface area contributed by atoms with Crippen LogP contribution in [0.25, 0.3) is 0 Å². The standard InChI is InChI=1S/C11H13F2N2O6P/c1-6-4-15(11(17)14-9(6)16)8-3-2-7(21-8)5-20-22(18,19)10(12)13/h2-4,7-8,10H,5H2,1H3,(H,18,19)(H,14,16,17). The molecule has 0 aromatic carbocycles. The van der Waals surface area contributed by atoms with Gasteiger partial charge in [0.05, 0.1) is 6.61 Å².